The van der Waals surface area contributed by atoms with Crippen LogP contribution in [-0.2, 0) is 17.9 Å². The molecule has 16 heavy (non-hydrogen) atoms. The Bertz CT molecular complexity index is 492. The lowest BCUT2D eigenvalue weighted by Crippen LogP contribution is -2.37. The van der Waals surface area contributed by atoms with E-state index in [-0.39, 0.29) is 18.6 Å². The Morgan fingerprint density at radius 3 is 2.62 bits per heavy atom. The smallest absolute Gasteiger partial charge is 0.325 e. The molecule has 0 fully saturated rings. The second-order valence-corrected chi connectivity index (χ2v) is 3.49. The molecule has 0 bridgehead atoms. The largest absolute Gasteiger partial charge is 0.471 e. The van der Waals surface area contributed by atoms with E-state index in [1.807, 2.05) is 0 Å². The second-order valence-electron chi connectivity index (χ2n) is 3.49. The number of alkyl halides is 3. The van der Waals surface area contributed by atoms with Crippen molar-refractivity contribution in [2.75, 3.05) is 0 Å². The summed E-state index contributed by atoms with van der Waals surface area (Å²) in [5.41, 5.74) is 0.516. The molecule has 0 aromatic carbocycles. The quantitative estimate of drug-likeness (QED) is 0.718. The molecular formula is C9H7F3N2O2. The Labute approximate surface area is 87.7 Å². The van der Waals surface area contributed by atoms with Gasteiger partial charge < -0.3 is 9.88 Å². The van der Waals surface area contributed by atoms with E-state index in [2.05, 4.69) is 4.98 Å². The molecule has 0 aliphatic carbocycles. The molecule has 4 nitrogen and oxygen atoms in total. The van der Waals surface area contributed by atoms with Gasteiger partial charge in [-0.05, 0) is 11.6 Å². The summed E-state index contributed by atoms with van der Waals surface area (Å²) in [6.45, 7) is -0.325. The summed E-state index contributed by atoms with van der Waals surface area (Å²) in [4.78, 5) is 24.9. The maximum Gasteiger partial charge on any atom is 0.471 e. The van der Waals surface area contributed by atoms with Gasteiger partial charge in [-0.15, -0.1) is 0 Å². The molecule has 7 heteroatoms. The first-order valence-corrected chi connectivity index (χ1v) is 4.45. The Morgan fingerprint density at radius 2 is 2.00 bits per heavy atom. The molecule has 1 aromatic rings. The Hall–Kier alpha value is -1.79. The minimum Gasteiger partial charge on any atom is -0.325 e. The molecule has 0 spiro atoms. The molecule has 0 saturated heterocycles. The predicted molar refractivity (Wildman–Crippen MR) is 47.4 cm³/mol. The maximum absolute atomic E-state index is 12.1. The summed E-state index contributed by atoms with van der Waals surface area (Å²) in [5, 5.41) is 0. The average Bonchev–Trinajstić information content (AvgIpc) is 2.57. The summed E-state index contributed by atoms with van der Waals surface area (Å²) in [6, 6.07) is 2.65. The molecule has 0 unspecified atom stereocenters. The van der Waals surface area contributed by atoms with Gasteiger partial charge >= 0.3 is 12.1 Å². The van der Waals surface area contributed by atoms with Crippen LogP contribution in [0, 0.1) is 0 Å². The highest BCUT2D eigenvalue weighted by atomic mass is 19.4. The first-order valence-electron chi connectivity index (χ1n) is 4.45. The fourth-order valence-electron chi connectivity index (χ4n) is 1.61. The zero-order chi connectivity index (χ0) is 11.9. The highest BCUT2D eigenvalue weighted by Crippen LogP contribution is 2.25. The third-order valence-electron chi connectivity index (χ3n) is 2.34. The van der Waals surface area contributed by atoms with Crippen molar-refractivity contribution in [1.82, 2.24) is 9.88 Å². The molecule has 86 valence electrons. The van der Waals surface area contributed by atoms with E-state index in [0.29, 0.717) is 16.2 Å². The maximum atomic E-state index is 12.1. The van der Waals surface area contributed by atoms with Crippen LogP contribution in [0.25, 0.3) is 0 Å². The highest BCUT2D eigenvalue weighted by Gasteiger charge is 2.44. The number of nitrogens with one attached hydrogen (secondary N) is 1. The van der Waals surface area contributed by atoms with Crippen LogP contribution < -0.4 is 5.56 Å². The fraction of sp³-hybridized carbons (Fsp3) is 0.333. The minimum absolute atomic E-state index is 0.121. The van der Waals surface area contributed by atoms with Gasteiger partial charge in [0.05, 0.1) is 6.54 Å². The highest BCUT2D eigenvalue weighted by molar-refractivity contribution is 5.82. The molecule has 0 atom stereocenters. The van der Waals surface area contributed by atoms with Gasteiger partial charge in [-0.25, -0.2) is 0 Å². The van der Waals surface area contributed by atoms with E-state index >= 15 is 0 Å². The lowest BCUT2D eigenvalue weighted by Gasteiger charge is -2.16. The first-order chi connectivity index (χ1) is 7.38. The fourth-order valence-corrected chi connectivity index (χ4v) is 1.61. The summed E-state index contributed by atoms with van der Waals surface area (Å²) < 4.78 is 36.4. The number of hydrogen-bond donors (Lipinski definition) is 1. The number of carbonyl (C=O) groups excluding carboxylic acids is 1. The molecule has 1 N–H and O–H groups in total. The predicted octanol–water partition coefficient (Wildman–Crippen LogP) is 0.779. The monoisotopic (exact) mass is 232 g/mol. The number of amides is 1. The Balaban J connectivity index is 2.23. The van der Waals surface area contributed by atoms with Gasteiger partial charge in [-0.3, -0.25) is 9.59 Å². The van der Waals surface area contributed by atoms with Crippen LogP contribution >= 0.6 is 0 Å². The molecule has 1 amide bonds. The number of aromatic amines is 1. The molecule has 2 heterocycles. The number of hydrogen-bond acceptors (Lipinski definition) is 2. The number of rotatable bonds is 0. The van der Waals surface area contributed by atoms with Crippen molar-refractivity contribution in [3.63, 3.8) is 0 Å². The van der Waals surface area contributed by atoms with E-state index in [4.69, 9.17) is 0 Å². The van der Waals surface area contributed by atoms with Gasteiger partial charge in [0.2, 0.25) is 5.56 Å². The van der Waals surface area contributed by atoms with Crippen LogP contribution in [-0.4, -0.2) is 22.0 Å². The van der Waals surface area contributed by atoms with Gasteiger partial charge in [-0.2, -0.15) is 13.2 Å². The van der Waals surface area contributed by atoms with Crippen LogP contribution in [0.5, 0.6) is 0 Å². The van der Waals surface area contributed by atoms with Crippen molar-refractivity contribution in [1.29, 1.82) is 0 Å². The standard InChI is InChI=1S/C9H7F3N2O2/c10-9(11,12)8(16)14-3-5-1-2-7(15)13-6(5)4-14/h1-2H,3-4H2,(H,13,15). The van der Waals surface area contributed by atoms with Gasteiger partial charge in [-0.1, -0.05) is 0 Å². The molecule has 2 rings (SSSR count). The molecule has 1 aliphatic rings. The van der Waals surface area contributed by atoms with Gasteiger partial charge in [0.1, 0.15) is 0 Å². The van der Waals surface area contributed by atoms with Crippen molar-refractivity contribution in [3.05, 3.63) is 33.7 Å². The first kappa shape index (κ1) is 10.7. The number of aromatic nitrogens is 1. The van der Waals surface area contributed by atoms with Crippen LogP contribution in [0.3, 0.4) is 0 Å². The van der Waals surface area contributed by atoms with Gasteiger partial charge in [0.25, 0.3) is 0 Å². The number of nitrogens with zero attached hydrogens (tertiary/aromatic N) is 1. The van der Waals surface area contributed by atoms with Crippen molar-refractivity contribution in [3.8, 4) is 0 Å². The lowest BCUT2D eigenvalue weighted by atomic mass is 10.2. The normalized spacial score (nSPS) is 15.1. The number of fused-ring (bicyclic) bond motifs is 1. The summed E-state index contributed by atoms with van der Waals surface area (Å²) in [6.07, 6.45) is -4.87. The molecule has 1 aromatic heterocycles. The van der Waals surface area contributed by atoms with E-state index in [1.54, 1.807) is 0 Å². The Morgan fingerprint density at radius 1 is 1.31 bits per heavy atom. The van der Waals surface area contributed by atoms with Crippen molar-refractivity contribution >= 4 is 5.91 Å². The van der Waals surface area contributed by atoms with Crippen LogP contribution in [0.2, 0.25) is 0 Å². The van der Waals surface area contributed by atoms with Crippen molar-refractivity contribution in [2.24, 2.45) is 0 Å². The van der Waals surface area contributed by atoms with Crippen LogP contribution in [0.1, 0.15) is 11.3 Å². The van der Waals surface area contributed by atoms with E-state index in [1.165, 1.54) is 12.1 Å². The number of carbonyl (C=O) groups is 1. The molecule has 0 radical (unpaired) electrons. The summed E-state index contributed by atoms with van der Waals surface area (Å²) in [7, 11) is 0. The third kappa shape index (κ3) is 1.80. The molecular weight excluding hydrogens is 225 g/mol. The third-order valence-corrected chi connectivity index (χ3v) is 2.34. The topological polar surface area (TPSA) is 53.2 Å². The van der Waals surface area contributed by atoms with Crippen LogP contribution in [0.4, 0.5) is 13.2 Å². The van der Waals surface area contributed by atoms with E-state index in [9.17, 15) is 22.8 Å². The SMILES string of the molecule is O=C(N1Cc2ccc(=O)[nH]c2C1)C(F)(F)F. The lowest BCUT2D eigenvalue weighted by molar-refractivity contribution is -0.186. The molecule has 0 saturated carbocycles. The Kier molecular flexibility index (Phi) is 2.25. The number of H-pyrrole nitrogens is 1. The zero-order valence-corrected chi connectivity index (χ0v) is 7.97. The average molecular weight is 232 g/mol. The van der Waals surface area contributed by atoms with Crippen molar-refractivity contribution < 1.29 is 18.0 Å². The molecule has 1 aliphatic heterocycles. The number of pyridine rings is 1. The summed E-state index contributed by atoms with van der Waals surface area (Å²) in [5.74, 6) is -1.88. The van der Waals surface area contributed by atoms with Crippen LogP contribution in [0.15, 0.2) is 16.9 Å². The van der Waals surface area contributed by atoms with E-state index in [0.717, 1.165) is 0 Å². The zero-order valence-electron chi connectivity index (χ0n) is 7.97. The minimum atomic E-state index is -4.87. The van der Waals surface area contributed by atoms with E-state index < -0.39 is 12.1 Å². The van der Waals surface area contributed by atoms with Crippen molar-refractivity contribution in [2.45, 2.75) is 19.3 Å². The van der Waals surface area contributed by atoms with Gasteiger partial charge in [0, 0.05) is 18.3 Å². The van der Waals surface area contributed by atoms with Gasteiger partial charge in [0.15, 0.2) is 0 Å². The second kappa shape index (κ2) is 3.36. The summed E-state index contributed by atoms with van der Waals surface area (Å²) >= 11 is 0. The number of halogens is 3.